The van der Waals surface area contributed by atoms with Gasteiger partial charge < -0.3 is 20.1 Å². The predicted octanol–water partition coefficient (Wildman–Crippen LogP) is 1.79. The smallest absolute Gasteiger partial charge is 0.239 e. The van der Waals surface area contributed by atoms with Crippen LogP contribution >= 0.6 is 0 Å². The first-order valence-corrected chi connectivity index (χ1v) is 8.24. The van der Waals surface area contributed by atoms with Gasteiger partial charge in [0.05, 0.1) is 25.4 Å². The molecule has 1 aliphatic heterocycles. The van der Waals surface area contributed by atoms with Gasteiger partial charge in [-0.25, -0.2) is 0 Å². The number of carbonyl (C=O) groups is 1. The van der Waals surface area contributed by atoms with Crippen LogP contribution in [0.15, 0.2) is 0 Å². The lowest BCUT2D eigenvalue weighted by Gasteiger charge is -2.32. The highest BCUT2D eigenvalue weighted by molar-refractivity contribution is 5.81. The summed E-state index contributed by atoms with van der Waals surface area (Å²) in [5.41, 5.74) is 5.62. The summed E-state index contributed by atoms with van der Waals surface area (Å²) < 4.78 is 11.4. The van der Waals surface area contributed by atoms with E-state index in [1.807, 2.05) is 4.90 Å². The Morgan fingerprint density at radius 2 is 1.86 bits per heavy atom. The fraction of sp³-hybridized carbons (Fsp3) is 0.938. The van der Waals surface area contributed by atoms with E-state index in [2.05, 4.69) is 13.8 Å². The number of hydrogen-bond donors (Lipinski definition) is 1. The average molecular weight is 300 g/mol. The molecule has 124 valence electrons. The molecular weight excluding hydrogens is 268 g/mol. The molecule has 2 N–H and O–H groups in total. The van der Waals surface area contributed by atoms with Gasteiger partial charge in [-0.15, -0.1) is 0 Å². The number of amides is 1. The summed E-state index contributed by atoms with van der Waals surface area (Å²) >= 11 is 0. The summed E-state index contributed by atoms with van der Waals surface area (Å²) in [7, 11) is 0. The van der Waals surface area contributed by atoms with Gasteiger partial charge in [0.1, 0.15) is 0 Å². The van der Waals surface area contributed by atoms with Gasteiger partial charge in [-0.1, -0.05) is 13.8 Å². The predicted molar refractivity (Wildman–Crippen MR) is 84.1 cm³/mol. The van der Waals surface area contributed by atoms with Crippen molar-refractivity contribution in [2.75, 3.05) is 32.9 Å². The highest BCUT2D eigenvalue weighted by Gasteiger charge is 2.24. The summed E-state index contributed by atoms with van der Waals surface area (Å²) in [6.45, 7) is 9.83. The Kier molecular flexibility index (Phi) is 8.88. The minimum atomic E-state index is -0.401. The van der Waals surface area contributed by atoms with Crippen LogP contribution in [0.4, 0.5) is 0 Å². The van der Waals surface area contributed by atoms with Crippen LogP contribution < -0.4 is 5.73 Å². The van der Waals surface area contributed by atoms with Crippen LogP contribution in [0.2, 0.25) is 0 Å². The number of carbonyl (C=O) groups excluding carboxylic acids is 1. The normalized spacial score (nSPS) is 18.2. The van der Waals surface area contributed by atoms with E-state index < -0.39 is 6.04 Å². The molecule has 0 saturated carbocycles. The lowest BCUT2D eigenvalue weighted by Crippen LogP contribution is -2.47. The van der Waals surface area contributed by atoms with Crippen LogP contribution in [-0.2, 0) is 14.3 Å². The van der Waals surface area contributed by atoms with E-state index in [0.29, 0.717) is 13.2 Å². The molecule has 1 atom stereocenters. The third-order valence-corrected chi connectivity index (χ3v) is 3.79. The Labute approximate surface area is 129 Å². The summed E-state index contributed by atoms with van der Waals surface area (Å²) in [6.07, 6.45) is 4.38. The third kappa shape index (κ3) is 7.79. The second-order valence-corrected chi connectivity index (χ2v) is 6.33. The first-order valence-electron chi connectivity index (χ1n) is 8.24. The summed E-state index contributed by atoms with van der Waals surface area (Å²) in [4.78, 5) is 13.6. The minimum absolute atomic E-state index is 0.0435. The zero-order valence-electron chi connectivity index (χ0n) is 13.8. The number of hydrogen-bond acceptors (Lipinski definition) is 4. The molecule has 0 aliphatic carbocycles. The van der Waals surface area contributed by atoms with E-state index >= 15 is 0 Å². The van der Waals surface area contributed by atoms with Crippen molar-refractivity contribution in [1.29, 1.82) is 0 Å². The van der Waals surface area contributed by atoms with Gasteiger partial charge in [0.2, 0.25) is 5.91 Å². The molecule has 0 bridgehead atoms. The molecule has 1 fully saturated rings. The van der Waals surface area contributed by atoms with Crippen molar-refractivity contribution in [2.24, 2.45) is 11.7 Å². The third-order valence-electron chi connectivity index (χ3n) is 3.79. The van der Waals surface area contributed by atoms with E-state index in [-0.39, 0.29) is 12.0 Å². The van der Waals surface area contributed by atoms with E-state index in [1.54, 1.807) is 6.92 Å². The molecule has 1 rings (SSSR count). The lowest BCUT2D eigenvalue weighted by atomic mass is 10.1. The van der Waals surface area contributed by atoms with Gasteiger partial charge in [-0.2, -0.15) is 0 Å². The van der Waals surface area contributed by atoms with E-state index in [4.69, 9.17) is 15.2 Å². The van der Waals surface area contributed by atoms with Crippen LogP contribution in [0.5, 0.6) is 0 Å². The van der Waals surface area contributed by atoms with Crippen molar-refractivity contribution in [2.45, 2.75) is 58.6 Å². The van der Waals surface area contributed by atoms with Gasteiger partial charge >= 0.3 is 0 Å². The molecule has 0 radical (unpaired) electrons. The number of ether oxygens (including phenoxy) is 2. The Morgan fingerprint density at radius 1 is 1.19 bits per heavy atom. The molecular formula is C16H32N2O3. The number of nitrogens with two attached hydrogens (primary N) is 1. The zero-order valence-corrected chi connectivity index (χ0v) is 13.8. The molecule has 0 aromatic heterocycles. The SMILES string of the molecule is CC(C)CCCOCCOC1CCN(C(=O)C(C)N)CC1. The average Bonchev–Trinajstić information content (AvgIpc) is 2.45. The van der Waals surface area contributed by atoms with E-state index in [0.717, 1.165) is 44.9 Å². The van der Waals surface area contributed by atoms with Crippen LogP contribution in [0.25, 0.3) is 0 Å². The van der Waals surface area contributed by atoms with Gasteiger partial charge in [-0.3, -0.25) is 4.79 Å². The van der Waals surface area contributed by atoms with Gasteiger partial charge in [-0.05, 0) is 38.5 Å². The fourth-order valence-corrected chi connectivity index (χ4v) is 2.50. The standard InChI is InChI=1S/C16H32N2O3/c1-13(2)5-4-10-20-11-12-21-15-6-8-18(9-7-15)16(19)14(3)17/h13-15H,4-12,17H2,1-3H3. The topological polar surface area (TPSA) is 64.8 Å². The van der Waals surface area contributed by atoms with Crippen molar-refractivity contribution in [3.8, 4) is 0 Å². The minimum Gasteiger partial charge on any atom is -0.379 e. The van der Waals surface area contributed by atoms with Gasteiger partial charge in [0, 0.05) is 19.7 Å². The number of rotatable bonds is 9. The summed E-state index contributed by atoms with van der Waals surface area (Å²) in [5, 5.41) is 0. The van der Waals surface area contributed by atoms with Crippen LogP contribution in [-0.4, -0.2) is 55.9 Å². The largest absolute Gasteiger partial charge is 0.379 e. The molecule has 21 heavy (non-hydrogen) atoms. The maximum Gasteiger partial charge on any atom is 0.239 e. The molecule has 0 aromatic rings. The first-order chi connectivity index (χ1) is 10.0. The molecule has 1 aliphatic rings. The Balaban J connectivity index is 2.00. The van der Waals surface area contributed by atoms with Crippen molar-refractivity contribution in [1.82, 2.24) is 4.90 Å². The summed E-state index contributed by atoms with van der Waals surface area (Å²) in [6, 6.07) is -0.401. The second-order valence-electron chi connectivity index (χ2n) is 6.33. The fourth-order valence-electron chi connectivity index (χ4n) is 2.50. The zero-order chi connectivity index (χ0) is 15.7. The molecule has 0 aromatic carbocycles. The maximum atomic E-state index is 11.8. The lowest BCUT2D eigenvalue weighted by molar-refractivity contribution is -0.135. The van der Waals surface area contributed by atoms with Crippen molar-refractivity contribution >= 4 is 5.91 Å². The molecule has 1 amide bonds. The Hall–Kier alpha value is -0.650. The first kappa shape index (κ1) is 18.4. The molecule has 1 unspecified atom stereocenters. The Bertz CT molecular complexity index is 287. The molecule has 5 heteroatoms. The second kappa shape index (κ2) is 10.1. The highest BCUT2D eigenvalue weighted by Crippen LogP contribution is 2.14. The number of nitrogens with zero attached hydrogens (tertiary/aromatic N) is 1. The quantitative estimate of drug-likeness (QED) is 0.659. The van der Waals surface area contributed by atoms with Gasteiger partial charge in [0.15, 0.2) is 0 Å². The summed E-state index contributed by atoms with van der Waals surface area (Å²) in [5.74, 6) is 0.788. The van der Waals surface area contributed by atoms with E-state index in [1.165, 1.54) is 6.42 Å². The van der Waals surface area contributed by atoms with Crippen LogP contribution in [0, 0.1) is 5.92 Å². The highest BCUT2D eigenvalue weighted by atomic mass is 16.5. The van der Waals surface area contributed by atoms with Crippen molar-refractivity contribution in [3.63, 3.8) is 0 Å². The monoisotopic (exact) mass is 300 g/mol. The van der Waals surface area contributed by atoms with Crippen LogP contribution in [0.3, 0.4) is 0 Å². The number of likely N-dealkylation sites (tertiary alicyclic amines) is 1. The molecule has 1 saturated heterocycles. The number of piperidine rings is 1. The molecule has 0 spiro atoms. The van der Waals surface area contributed by atoms with E-state index in [9.17, 15) is 4.79 Å². The Morgan fingerprint density at radius 3 is 2.43 bits per heavy atom. The van der Waals surface area contributed by atoms with Gasteiger partial charge in [0.25, 0.3) is 0 Å². The molecule has 5 nitrogen and oxygen atoms in total. The van der Waals surface area contributed by atoms with Crippen LogP contribution in [0.1, 0.15) is 46.5 Å². The van der Waals surface area contributed by atoms with Crippen molar-refractivity contribution in [3.05, 3.63) is 0 Å². The maximum absolute atomic E-state index is 11.8. The van der Waals surface area contributed by atoms with Crippen molar-refractivity contribution < 1.29 is 14.3 Å². The molecule has 1 heterocycles.